The number of hydrogen-bond donors (Lipinski definition) is 2. The molecule has 7 heteroatoms. The Morgan fingerprint density at radius 1 is 0.938 bits per heavy atom. The van der Waals surface area contributed by atoms with Crippen LogP contribution >= 0.6 is 15.9 Å². The molecule has 32 heavy (non-hydrogen) atoms. The largest absolute Gasteiger partial charge is 0.506 e. The van der Waals surface area contributed by atoms with Crippen LogP contribution in [0.15, 0.2) is 77.3 Å². The number of carbonyl (C=O) groups is 1. The first-order chi connectivity index (χ1) is 15.5. The van der Waals surface area contributed by atoms with Crippen molar-refractivity contribution in [2.24, 2.45) is 0 Å². The minimum atomic E-state index is -0.872. The number of hydrogen-bond acceptors (Lipinski definition) is 5. The monoisotopic (exact) mass is 491 g/mol. The van der Waals surface area contributed by atoms with E-state index in [1.54, 1.807) is 12.1 Å². The summed E-state index contributed by atoms with van der Waals surface area (Å²) in [6.07, 6.45) is 0.711. The quantitative estimate of drug-likeness (QED) is 0.348. The van der Waals surface area contributed by atoms with Gasteiger partial charge in [-0.25, -0.2) is 9.97 Å². The number of phenols is 1. The maximum Gasteiger partial charge on any atom is 0.305 e. The lowest BCUT2D eigenvalue weighted by Gasteiger charge is -2.25. The number of benzene rings is 3. The molecule has 0 bridgehead atoms. The predicted molar refractivity (Wildman–Crippen MR) is 129 cm³/mol. The van der Waals surface area contributed by atoms with E-state index in [9.17, 15) is 15.0 Å². The summed E-state index contributed by atoms with van der Waals surface area (Å²) >= 11 is 3.48. The number of rotatable bonds is 8. The van der Waals surface area contributed by atoms with Crippen LogP contribution in [0, 0.1) is 0 Å². The highest BCUT2D eigenvalue weighted by Gasteiger charge is 2.18. The first-order valence-electron chi connectivity index (χ1n) is 10.3. The highest BCUT2D eigenvalue weighted by Crippen LogP contribution is 2.33. The van der Waals surface area contributed by atoms with Crippen molar-refractivity contribution in [1.82, 2.24) is 9.97 Å². The maximum atomic E-state index is 11.3. The molecule has 0 saturated heterocycles. The molecule has 0 spiro atoms. The van der Waals surface area contributed by atoms with Gasteiger partial charge in [0.05, 0.1) is 6.42 Å². The summed E-state index contributed by atoms with van der Waals surface area (Å²) in [6.45, 7) is 0.874. The van der Waals surface area contributed by atoms with Crippen molar-refractivity contribution < 1.29 is 15.0 Å². The van der Waals surface area contributed by atoms with Crippen LogP contribution in [-0.2, 0) is 11.2 Å². The first kappa shape index (κ1) is 21.8. The van der Waals surface area contributed by atoms with Crippen LogP contribution in [0.5, 0.6) is 5.75 Å². The summed E-state index contributed by atoms with van der Waals surface area (Å²) in [5.74, 6) is 0.264. The molecule has 0 aliphatic carbocycles. The summed E-state index contributed by atoms with van der Waals surface area (Å²) in [6, 6.07) is 22.9. The molecule has 1 heterocycles. The lowest BCUT2D eigenvalue weighted by molar-refractivity contribution is -0.136. The molecule has 4 aromatic rings. The van der Waals surface area contributed by atoms with E-state index in [1.165, 1.54) is 0 Å². The van der Waals surface area contributed by atoms with Gasteiger partial charge in [-0.05, 0) is 36.2 Å². The molecule has 0 radical (unpaired) electrons. The smallest absolute Gasteiger partial charge is 0.305 e. The number of carboxylic acid groups (broad SMARTS) is 1. The van der Waals surface area contributed by atoms with Gasteiger partial charge >= 0.3 is 5.97 Å². The number of carboxylic acids is 1. The number of anilines is 1. The number of aliphatic carboxylic acids is 1. The van der Waals surface area contributed by atoms with Gasteiger partial charge in [-0.1, -0.05) is 64.5 Å². The number of halogens is 1. The van der Waals surface area contributed by atoms with Crippen LogP contribution in [0.3, 0.4) is 0 Å². The molecule has 1 aromatic heterocycles. The Bertz CT molecular complexity index is 1250. The van der Waals surface area contributed by atoms with Crippen molar-refractivity contribution in [1.29, 1.82) is 0 Å². The number of fused-ring (bicyclic) bond motifs is 1. The second-order valence-electron chi connectivity index (χ2n) is 7.42. The Kier molecular flexibility index (Phi) is 6.66. The van der Waals surface area contributed by atoms with Gasteiger partial charge in [0, 0.05) is 28.5 Å². The number of nitrogens with zero attached hydrogens (tertiary/aromatic N) is 3. The van der Waals surface area contributed by atoms with E-state index in [0.717, 1.165) is 22.0 Å². The third-order valence-corrected chi connectivity index (χ3v) is 5.67. The van der Waals surface area contributed by atoms with Crippen molar-refractivity contribution in [3.8, 4) is 17.1 Å². The number of para-hydroxylation sites is 1. The molecule has 162 valence electrons. The summed E-state index contributed by atoms with van der Waals surface area (Å²) in [5.41, 5.74) is 2.39. The molecule has 0 fully saturated rings. The van der Waals surface area contributed by atoms with Crippen LogP contribution in [0.1, 0.15) is 12.0 Å². The van der Waals surface area contributed by atoms with Crippen molar-refractivity contribution in [3.63, 3.8) is 0 Å². The molecular formula is C25H22BrN3O3. The van der Waals surface area contributed by atoms with Gasteiger partial charge in [0.15, 0.2) is 5.82 Å². The fourth-order valence-corrected chi connectivity index (χ4v) is 3.98. The summed E-state index contributed by atoms with van der Waals surface area (Å²) in [4.78, 5) is 22.8. The van der Waals surface area contributed by atoms with Gasteiger partial charge in [-0.2, -0.15) is 0 Å². The third kappa shape index (κ3) is 5.06. The average Bonchev–Trinajstić information content (AvgIpc) is 2.79. The zero-order valence-electron chi connectivity index (χ0n) is 17.3. The van der Waals surface area contributed by atoms with Crippen molar-refractivity contribution in [2.75, 3.05) is 18.0 Å². The second kappa shape index (κ2) is 9.78. The lowest BCUT2D eigenvalue weighted by atomic mass is 10.1. The van der Waals surface area contributed by atoms with E-state index < -0.39 is 5.97 Å². The first-order valence-corrected chi connectivity index (χ1v) is 11.1. The van der Waals surface area contributed by atoms with Crippen LogP contribution in [0.4, 0.5) is 5.82 Å². The average molecular weight is 492 g/mol. The zero-order chi connectivity index (χ0) is 22.5. The highest BCUT2D eigenvalue weighted by atomic mass is 79.9. The fraction of sp³-hybridized carbons (Fsp3) is 0.160. The minimum Gasteiger partial charge on any atom is -0.506 e. The predicted octanol–water partition coefficient (Wildman–Crippen LogP) is 5.29. The second-order valence-corrected chi connectivity index (χ2v) is 8.34. The zero-order valence-corrected chi connectivity index (χ0v) is 18.9. The van der Waals surface area contributed by atoms with E-state index >= 15 is 0 Å². The summed E-state index contributed by atoms with van der Waals surface area (Å²) in [7, 11) is 0. The Balaban J connectivity index is 1.81. The number of aromatic hydroxyl groups is 1. The molecule has 4 rings (SSSR count). The molecule has 0 aliphatic rings. The normalized spacial score (nSPS) is 10.9. The van der Waals surface area contributed by atoms with Crippen molar-refractivity contribution in [2.45, 2.75) is 12.8 Å². The molecular weight excluding hydrogens is 470 g/mol. The molecule has 0 aliphatic heterocycles. The van der Waals surface area contributed by atoms with E-state index in [1.807, 2.05) is 65.6 Å². The van der Waals surface area contributed by atoms with E-state index in [2.05, 4.69) is 20.9 Å². The fourth-order valence-electron chi connectivity index (χ4n) is 3.58. The SMILES string of the molecule is O=C(O)CCN(CCc1ccccc1)c1nc(-c2cccc(Br)c2)nc2c(O)cccc12. The van der Waals surface area contributed by atoms with Crippen LogP contribution in [-0.4, -0.2) is 39.2 Å². The van der Waals surface area contributed by atoms with E-state index in [4.69, 9.17) is 4.98 Å². The molecule has 3 aromatic carbocycles. The lowest BCUT2D eigenvalue weighted by Crippen LogP contribution is -2.29. The highest BCUT2D eigenvalue weighted by molar-refractivity contribution is 9.10. The van der Waals surface area contributed by atoms with Gasteiger partial charge in [0.1, 0.15) is 17.1 Å². The van der Waals surface area contributed by atoms with Crippen LogP contribution < -0.4 is 4.90 Å². The Morgan fingerprint density at radius 2 is 1.72 bits per heavy atom. The van der Waals surface area contributed by atoms with Gasteiger partial charge < -0.3 is 15.1 Å². The van der Waals surface area contributed by atoms with E-state index in [0.29, 0.717) is 35.6 Å². The van der Waals surface area contributed by atoms with Gasteiger partial charge in [-0.15, -0.1) is 0 Å². The number of aromatic nitrogens is 2. The maximum absolute atomic E-state index is 11.3. The van der Waals surface area contributed by atoms with Crippen molar-refractivity contribution >= 4 is 38.6 Å². The number of phenolic OH excluding ortho intramolecular Hbond substituents is 1. The summed E-state index contributed by atoms with van der Waals surface area (Å²) < 4.78 is 0.893. The van der Waals surface area contributed by atoms with Gasteiger partial charge in [-0.3, -0.25) is 4.79 Å². The topological polar surface area (TPSA) is 86.5 Å². The standard InChI is InChI=1S/C25H22BrN3O3/c26-19-9-4-8-18(16-19)24-27-23-20(10-5-11-21(23)30)25(28-24)29(15-13-22(31)32)14-12-17-6-2-1-3-7-17/h1-11,16,30H,12-15H2,(H,31,32). The van der Waals surface area contributed by atoms with Gasteiger partial charge in [0.25, 0.3) is 0 Å². The molecule has 0 amide bonds. The van der Waals surface area contributed by atoms with Gasteiger partial charge in [0.2, 0.25) is 0 Å². The Labute approximate surface area is 194 Å². The molecule has 6 nitrogen and oxygen atoms in total. The Morgan fingerprint density at radius 3 is 2.47 bits per heavy atom. The van der Waals surface area contributed by atoms with E-state index in [-0.39, 0.29) is 12.2 Å². The van der Waals surface area contributed by atoms with Crippen molar-refractivity contribution in [3.05, 3.63) is 82.8 Å². The molecule has 0 saturated carbocycles. The van der Waals surface area contributed by atoms with Crippen LogP contribution in [0.2, 0.25) is 0 Å². The third-order valence-electron chi connectivity index (χ3n) is 5.18. The molecule has 0 atom stereocenters. The Hall–Kier alpha value is -3.45. The molecule has 2 N–H and O–H groups in total. The molecule has 0 unspecified atom stereocenters. The minimum absolute atomic E-state index is 0.0225. The van der Waals surface area contributed by atoms with Crippen LogP contribution in [0.25, 0.3) is 22.3 Å². The summed E-state index contributed by atoms with van der Waals surface area (Å²) in [5, 5.41) is 20.5.